The van der Waals surface area contributed by atoms with Crippen molar-refractivity contribution in [2.24, 2.45) is 5.92 Å². The van der Waals surface area contributed by atoms with E-state index in [1.807, 2.05) is 18.2 Å². The second kappa shape index (κ2) is 6.23. The second-order valence-electron chi connectivity index (χ2n) is 5.85. The molecular weight excluding hydrogens is 274 g/mol. The van der Waals surface area contributed by atoms with Gasteiger partial charge in [-0.25, -0.2) is 0 Å². The van der Waals surface area contributed by atoms with Gasteiger partial charge in [-0.2, -0.15) is 5.26 Å². The van der Waals surface area contributed by atoms with Crippen LogP contribution in [-0.2, 0) is 0 Å². The Hall–Kier alpha value is -2.28. The van der Waals surface area contributed by atoms with Gasteiger partial charge in [0.2, 0.25) is 0 Å². The normalized spacial score (nSPS) is 15.8. The van der Waals surface area contributed by atoms with Gasteiger partial charge in [-0.15, -0.1) is 0 Å². The SMILES string of the molecule is CCC1CCN(c2c(C#N)cnc3cc(OC)ccc23)CC1. The first-order chi connectivity index (χ1) is 10.8. The van der Waals surface area contributed by atoms with Crippen molar-refractivity contribution in [2.45, 2.75) is 26.2 Å². The Morgan fingerprint density at radius 2 is 2.14 bits per heavy atom. The predicted molar refractivity (Wildman–Crippen MR) is 88.2 cm³/mol. The molecule has 1 aliphatic rings. The van der Waals surface area contributed by atoms with Gasteiger partial charge in [-0.05, 0) is 30.9 Å². The van der Waals surface area contributed by atoms with Crippen LogP contribution in [0.25, 0.3) is 10.9 Å². The van der Waals surface area contributed by atoms with E-state index >= 15 is 0 Å². The van der Waals surface area contributed by atoms with Gasteiger partial charge >= 0.3 is 0 Å². The maximum atomic E-state index is 9.47. The number of hydrogen-bond acceptors (Lipinski definition) is 4. The number of piperidine rings is 1. The summed E-state index contributed by atoms with van der Waals surface area (Å²) in [5, 5.41) is 10.5. The first-order valence-electron chi connectivity index (χ1n) is 7.88. The number of nitrogens with zero attached hydrogens (tertiary/aromatic N) is 3. The van der Waals surface area contributed by atoms with Crippen LogP contribution in [-0.4, -0.2) is 25.2 Å². The molecule has 2 heterocycles. The third-order valence-electron chi connectivity index (χ3n) is 4.68. The van der Waals surface area contributed by atoms with Crippen LogP contribution in [0.4, 0.5) is 5.69 Å². The summed E-state index contributed by atoms with van der Waals surface area (Å²) in [7, 11) is 1.65. The van der Waals surface area contributed by atoms with Gasteiger partial charge in [0.15, 0.2) is 0 Å². The highest BCUT2D eigenvalue weighted by molar-refractivity contribution is 5.95. The van der Waals surface area contributed by atoms with Crippen LogP contribution in [0.5, 0.6) is 5.75 Å². The molecule has 4 nitrogen and oxygen atoms in total. The molecule has 114 valence electrons. The predicted octanol–water partition coefficient (Wildman–Crippen LogP) is 3.74. The summed E-state index contributed by atoms with van der Waals surface area (Å²) in [6.07, 6.45) is 5.32. The molecule has 0 aliphatic carbocycles. The lowest BCUT2D eigenvalue weighted by Crippen LogP contribution is -2.34. The van der Waals surface area contributed by atoms with Crippen molar-refractivity contribution in [1.29, 1.82) is 5.26 Å². The van der Waals surface area contributed by atoms with Gasteiger partial charge < -0.3 is 9.64 Å². The highest BCUT2D eigenvalue weighted by Gasteiger charge is 2.22. The number of aromatic nitrogens is 1. The lowest BCUT2D eigenvalue weighted by molar-refractivity contribution is 0.395. The minimum absolute atomic E-state index is 0.660. The number of anilines is 1. The van der Waals surface area contributed by atoms with E-state index in [4.69, 9.17) is 4.74 Å². The van der Waals surface area contributed by atoms with Crippen molar-refractivity contribution in [3.05, 3.63) is 30.0 Å². The molecule has 0 spiro atoms. The molecule has 0 bridgehead atoms. The molecule has 1 aliphatic heterocycles. The molecule has 4 heteroatoms. The summed E-state index contributed by atoms with van der Waals surface area (Å²) >= 11 is 0. The van der Waals surface area contributed by atoms with Crippen LogP contribution in [0.1, 0.15) is 31.7 Å². The lowest BCUT2D eigenvalue weighted by Gasteiger charge is -2.34. The molecule has 0 unspecified atom stereocenters. The average Bonchev–Trinajstić information content (AvgIpc) is 2.60. The minimum atomic E-state index is 0.660. The lowest BCUT2D eigenvalue weighted by atomic mass is 9.93. The van der Waals surface area contributed by atoms with Crippen molar-refractivity contribution in [3.63, 3.8) is 0 Å². The van der Waals surface area contributed by atoms with Gasteiger partial charge in [0, 0.05) is 30.7 Å². The third kappa shape index (κ3) is 2.59. The molecule has 22 heavy (non-hydrogen) atoms. The fourth-order valence-corrected chi connectivity index (χ4v) is 3.27. The van der Waals surface area contributed by atoms with E-state index in [0.29, 0.717) is 5.56 Å². The zero-order chi connectivity index (χ0) is 15.5. The van der Waals surface area contributed by atoms with Crippen LogP contribution in [0.2, 0.25) is 0 Å². The summed E-state index contributed by atoms with van der Waals surface area (Å²) in [6, 6.07) is 8.19. The Balaban J connectivity index is 2.05. The van der Waals surface area contributed by atoms with E-state index in [0.717, 1.165) is 41.3 Å². The molecule has 3 rings (SSSR count). The van der Waals surface area contributed by atoms with Gasteiger partial charge in [0.25, 0.3) is 0 Å². The number of nitriles is 1. The Morgan fingerprint density at radius 3 is 2.77 bits per heavy atom. The van der Waals surface area contributed by atoms with Gasteiger partial charge in [0.05, 0.1) is 23.9 Å². The zero-order valence-corrected chi connectivity index (χ0v) is 13.2. The van der Waals surface area contributed by atoms with Crippen LogP contribution in [0, 0.1) is 17.2 Å². The molecule has 0 radical (unpaired) electrons. The van der Waals surface area contributed by atoms with E-state index in [1.54, 1.807) is 13.3 Å². The van der Waals surface area contributed by atoms with Crippen LogP contribution in [0.3, 0.4) is 0 Å². The Bertz CT molecular complexity index is 712. The van der Waals surface area contributed by atoms with Crippen molar-refractivity contribution in [2.75, 3.05) is 25.1 Å². The van der Waals surface area contributed by atoms with Crippen molar-refractivity contribution in [3.8, 4) is 11.8 Å². The summed E-state index contributed by atoms with van der Waals surface area (Å²) < 4.78 is 5.27. The maximum absolute atomic E-state index is 9.47. The Labute approximate surface area is 131 Å². The zero-order valence-electron chi connectivity index (χ0n) is 13.2. The first kappa shape index (κ1) is 14.6. The highest BCUT2D eigenvalue weighted by Crippen LogP contribution is 2.34. The molecule has 0 N–H and O–H groups in total. The molecule has 1 aromatic carbocycles. The number of ether oxygens (including phenoxy) is 1. The largest absolute Gasteiger partial charge is 0.497 e. The van der Waals surface area contributed by atoms with Crippen molar-refractivity contribution >= 4 is 16.6 Å². The van der Waals surface area contributed by atoms with Crippen LogP contribution >= 0.6 is 0 Å². The second-order valence-corrected chi connectivity index (χ2v) is 5.85. The fraction of sp³-hybridized carbons (Fsp3) is 0.444. The van der Waals surface area contributed by atoms with Gasteiger partial charge in [0.1, 0.15) is 11.8 Å². The smallest absolute Gasteiger partial charge is 0.121 e. The molecule has 1 aromatic heterocycles. The summed E-state index contributed by atoms with van der Waals surface area (Å²) in [5.74, 6) is 1.61. The number of rotatable bonds is 3. The van der Waals surface area contributed by atoms with E-state index in [9.17, 15) is 5.26 Å². The number of methoxy groups -OCH3 is 1. The molecule has 0 amide bonds. The van der Waals surface area contributed by atoms with Crippen molar-refractivity contribution < 1.29 is 4.74 Å². The number of pyridine rings is 1. The van der Waals surface area contributed by atoms with E-state index in [2.05, 4.69) is 22.9 Å². The average molecular weight is 295 g/mol. The monoisotopic (exact) mass is 295 g/mol. The number of benzene rings is 1. The topological polar surface area (TPSA) is 49.2 Å². The Morgan fingerprint density at radius 1 is 1.36 bits per heavy atom. The van der Waals surface area contributed by atoms with E-state index in [1.165, 1.54) is 19.3 Å². The van der Waals surface area contributed by atoms with E-state index < -0.39 is 0 Å². The standard InChI is InChI=1S/C18H21N3O/c1-3-13-6-8-21(9-7-13)18-14(11-19)12-20-17-10-15(22-2)4-5-16(17)18/h4-5,10,12-13H,3,6-9H2,1-2H3. The molecule has 1 saturated heterocycles. The quantitative estimate of drug-likeness (QED) is 0.865. The Kier molecular flexibility index (Phi) is 4.15. The van der Waals surface area contributed by atoms with Crippen LogP contribution < -0.4 is 9.64 Å². The fourth-order valence-electron chi connectivity index (χ4n) is 3.27. The summed E-state index contributed by atoms with van der Waals surface area (Å²) in [4.78, 5) is 6.77. The molecular formula is C18H21N3O. The summed E-state index contributed by atoms with van der Waals surface area (Å²) in [5.41, 5.74) is 2.57. The third-order valence-corrected chi connectivity index (χ3v) is 4.68. The maximum Gasteiger partial charge on any atom is 0.121 e. The number of fused-ring (bicyclic) bond motifs is 1. The van der Waals surface area contributed by atoms with Crippen molar-refractivity contribution in [1.82, 2.24) is 4.98 Å². The van der Waals surface area contributed by atoms with E-state index in [-0.39, 0.29) is 0 Å². The van der Waals surface area contributed by atoms with Gasteiger partial charge in [-0.1, -0.05) is 13.3 Å². The highest BCUT2D eigenvalue weighted by atomic mass is 16.5. The van der Waals surface area contributed by atoms with Crippen LogP contribution in [0.15, 0.2) is 24.4 Å². The van der Waals surface area contributed by atoms with Gasteiger partial charge in [-0.3, -0.25) is 4.98 Å². The molecule has 2 aromatic rings. The summed E-state index contributed by atoms with van der Waals surface area (Å²) in [6.45, 7) is 4.28. The first-order valence-corrected chi connectivity index (χ1v) is 7.88. The molecule has 1 fully saturated rings. The minimum Gasteiger partial charge on any atom is -0.497 e. The number of hydrogen-bond donors (Lipinski definition) is 0. The molecule has 0 saturated carbocycles. The molecule has 0 atom stereocenters.